The average molecular weight is 612 g/mol. The molecule has 0 radical (unpaired) electrons. The molecular formula is C33H37N7O5. The third-order valence-electron chi connectivity index (χ3n) is 7.27. The normalized spacial score (nSPS) is 12.8. The van der Waals surface area contributed by atoms with E-state index in [-0.39, 0.29) is 18.8 Å². The summed E-state index contributed by atoms with van der Waals surface area (Å²) in [4.78, 5) is 57.7. The van der Waals surface area contributed by atoms with E-state index in [4.69, 9.17) is 11.1 Å². The van der Waals surface area contributed by atoms with Gasteiger partial charge < -0.3 is 36.7 Å². The molecule has 0 fully saturated rings. The Morgan fingerprint density at radius 1 is 0.889 bits per heavy atom. The Morgan fingerprint density at radius 2 is 1.49 bits per heavy atom. The van der Waals surface area contributed by atoms with Gasteiger partial charge in [-0.15, -0.1) is 0 Å². The van der Waals surface area contributed by atoms with Crippen LogP contribution in [-0.2, 0) is 25.6 Å². The Bertz CT molecular complexity index is 1600. The maximum Gasteiger partial charge on any atom is 0.334 e. The summed E-state index contributed by atoms with van der Waals surface area (Å²) in [6.07, 6.45) is 2.29. The predicted octanol–water partition coefficient (Wildman–Crippen LogP) is 2.82. The van der Waals surface area contributed by atoms with Gasteiger partial charge in [-0.05, 0) is 48.7 Å². The third-order valence-corrected chi connectivity index (χ3v) is 7.27. The maximum atomic E-state index is 14.5. The van der Waals surface area contributed by atoms with Crippen LogP contribution in [0.1, 0.15) is 25.3 Å². The van der Waals surface area contributed by atoms with Gasteiger partial charge in [-0.25, -0.2) is 4.79 Å². The summed E-state index contributed by atoms with van der Waals surface area (Å²) in [5.41, 5.74) is 7.84. The van der Waals surface area contributed by atoms with Gasteiger partial charge in [-0.1, -0.05) is 54.6 Å². The number of ketones is 1. The number of rotatable bonds is 15. The zero-order valence-electron chi connectivity index (χ0n) is 24.8. The van der Waals surface area contributed by atoms with Crippen LogP contribution in [0.5, 0.6) is 0 Å². The van der Waals surface area contributed by atoms with Crippen LogP contribution in [0.15, 0.2) is 91.1 Å². The van der Waals surface area contributed by atoms with E-state index in [9.17, 15) is 24.3 Å². The third kappa shape index (κ3) is 8.47. The van der Waals surface area contributed by atoms with Gasteiger partial charge in [0.15, 0.2) is 17.8 Å². The van der Waals surface area contributed by atoms with Crippen molar-refractivity contribution in [1.29, 1.82) is 5.41 Å². The van der Waals surface area contributed by atoms with Gasteiger partial charge in [0.1, 0.15) is 6.04 Å². The molecule has 1 aromatic heterocycles. The van der Waals surface area contributed by atoms with Gasteiger partial charge in [0.2, 0.25) is 11.8 Å². The first kappa shape index (κ1) is 32.3. The van der Waals surface area contributed by atoms with E-state index < -0.39 is 41.7 Å². The first-order valence-electron chi connectivity index (χ1n) is 14.5. The quantitative estimate of drug-likeness (QED) is 0.0461. The number of amides is 2. The number of H-pyrrole nitrogens is 1. The highest BCUT2D eigenvalue weighted by Gasteiger charge is 2.40. The fourth-order valence-electron chi connectivity index (χ4n) is 5.23. The number of Topliss-reactive ketones (excluding diaryl/α,β-unsaturated/α-hetero) is 1. The first-order chi connectivity index (χ1) is 21.7. The van der Waals surface area contributed by atoms with E-state index in [2.05, 4.69) is 20.9 Å². The van der Waals surface area contributed by atoms with Gasteiger partial charge in [0.05, 0.1) is 6.04 Å². The fourth-order valence-corrected chi connectivity index (χ4v) is 5.23. The molecular weight excluding hydrogens is 574 g/mol. The zero-order valence-corrected chi connectivity index (χ0v) is 24.8. The summed E-state index contributed by atoms with van der Waals surface area (Å²) < 4.78 is 0. The lowest BCUT2D eigenvalue weighted by Gasteiger charge is -2.33. The minimum Gasteiger partial charge on any atom is -0.479 e. The number of fused-ring (bicyclic) bond motifs is 1. The molecule has 0 aliphatic carbocycles. The summed E-state index contributed by atoms with van der Waals surface area (Å²) in [5.74, 6) is -3.44. The van der Waals surface area contributed by atoms with Crippen molar-refractivity contribution in [3.05, 3.63) is 96.7 Å². The first-order valence-corrected chi connectivity index (χ1v) is 14.5. The second-order valence-corrected chi connectivity index (χ2v) is 10.5. The molecule has 8 N–H and O–H groups in total. The molecule has 0 spiro atoms. The number of hydrogen-bond acceptors (Lipinski definition) is 6. The predicted molar refractivity (Wildman–Crippen MR) is 172 cm³/mol. The van der Waals surface area contributed by atoms with Crippen LogP contribution in [0.3, 0.4) is 0 Å². The Kier molecular flexibility index (Phi) is 10.9. The summed E-state index contributed by atoms with van der Waals surface area (Å²) in [7, 11) is 0. The number of benzene rings is 3. The highest BCUT2D eigenvalue weighted by atomic mass is 16.4. The lowest BCUT2D eigenvalue weighted by molar-refractivity contribution is -0.143. The minimum atomic E-state index is -1.70. The molecule has 0 aliphatic heterocycles. The van der Waals surface area contributed by atoms with Crippen molar-refractivity contribution < 1.29 is 24.3 Å². The molecule has 0 bridgehead atoms. The van der Waals surface area contributed by atoms with E-state index in [1.807, 2.05) is 24.3 Å². The highest BCUT2D eigenvalue weighted by molar-refractivity contribution is 6.10. The van der Waals surface area contributed by atoms with Crippen LogP contribution < -0.4 is 26.6 Å². The van der Waals surface area contributed by atoms with Crippen molar-refractivity contribution in [1.82, 2.24) is 20.9 Å². The van der Waals surface area contributed by atoms with Crippen molar-refractivity contribution in [2.24, 2.45) is 5.73 Å². The molecule has 0 saturated carbocycles. The summed E-state index contributed by atoms with van der Waals surface area (Å²) >= 11 is 0. The number of carbonyl (C=O) groups excluding carboxylic acids is 3. The molecule has 12 heteroatoms. The van der Waals surface area contributed by atoms with E-state index in [0.29, 0.717) is 29.9 Å². The number of nitrogens with two attached hydrogens (primary N) is 1. The Hall–Kier alpha value is -5.65. The fraction of sp³-hybridized carbons (Fsp3) is 0.242. The van der Waals surface area contributed by atoms with Crippen LogP contribution in [0, 0.1) is 5.41 Å². The number of guanidine groups is 1. The van der Waals surface area contributed by atoms with Gasteiger partial charge in [-0.2, -0.15) is 0 Å². The standard InChI is InChI=1S/C33H37N7O5/c1-21(41)38-27(17-10-18-36-33(34)35)31(43)39-28(19-22-20-37-26-16-9-8-15-25(22)26)30(42)29(32(44)45)40(23-11-4-2-5-12-23)24-13-6-3-7-14-24/h2-9,11-16,20,27-29,37H,10,17-19H2,1H3,(H,38,41)(H,39,43)(H,44,45)(H4,34,35,36)/t27-,28-,29?/m0/s1. The Labute approximate surface area is 260 Å². The Balaban J connectivity index is 1.72. The van der Waals surface area contributed by atoms with E-state index in [1.165, 1.54) is 11.8 Å². The number of aliphatic carboxylic acids is 1. The van der Waals surface area contributed by atoms with Crippen molar-refractivity contribution in [3.8, 4) is 0 Å². The summed E-state index contributed by atoms with van der Waals surface area (Å²) in [6, 6.07) is 20.9. The number of carboxylic acid groups (broad SMARTS) is 1. The molecule has 0 aliphatic rings. The molecule has 12 nitrogen and oxygen atoms in total. The summed E-state index contributed by atoms with van der Waals surface area (Å²) in [5, 5.41) is 26.8. The van der Waals surface area contributed by atoms with Crippen molar-refractivity contribution in [3.63, 3.8) is 0 Å². The number of carboxylic acids is 1. The number of nitrogens with zero attached hydrogens (tertiary/aromatic N) is 1. The molecule has 4 rings (SSSR count). The van der Waals surface area contributed by atoms with Crippen LogP contribution in [0.4, 0.5) is 11.4 Å². The monoisotopic (exact) mass is 611 g/mol. The van der Waals surface area contributed by atoms with Crippen LogP contribution in [0.25, 0.3) is 10.9 Å². The Morgan fingerprint density at radius 3 is 2.07 bits per heavy atom. The number of anilines is 2. The molecule has 45 heavy (non-hydrogen) atoms. The van der Waals surface area contributed by atoms with Crippen molar-refractivity contribution >= 4 is 51.8 Å². The average Bonchev–Trinajstić information content (AvgIpc) is 3.43. The van der Waals surface area contributed by atoms with E-state index in [0.717, 1.165) is 10.9 Å². The van der Waals surface area contributed by atoms with Crippen molar-refractivity contribution in [2.45, 2.75) is 44.3 Å². The topological polar surface area (TPSA) is 193 Å². The molecule has 4 aromatic rings. The molecule has 3 aromatic carbocycles. The van der Waals surface area contributed by atoms with E-state index in [1.54, 1.807) is 66.9 Å². The molecule has 2 amide bonds. The smallest absolute Gasteiger partial charge is 0.334 e. The van der Waals surface area contributed by atoms with Crippen LogP contribution in [-0.4, -0.2) is 64.3 Å². The second-order valence-electron chi connectivity index (χ2n) is 10.5. The molecule has 3 atom stereocenters. The number of para-hydroxylation sites is 3. The van der Waals surface area contributed by atoms with Gasteiger partial charge in [0, 0.05) is 48.4 Å². The molecule has 0 saturated heterocycles. The van der Waals surface area contributed by atoms with Crippen LogP contribution in [0.2, 0.25) is 0 Å². The maximum absolute atomic E-state index is 14.5. The van der Waals surface area contributed by atoms with E-state index >= 15 is 0 Å². The molecule has 234 valence electrons. The van der Waals surface area contributed by atoms with Crippen LogP contribution >= 0.6 is 0 Å². The molecule has 1 unspecified atom stereocenters. The van der Waals surface area contributed by atoms with Gasteiger partial charge >= 0.3 is 5.97 Å². The molecule has 1 heterocycles. The number of hydrogen-bond donors (Lipinski definition) is 7. The van der Waals surface area contributed by atoms with Crippen molar-refractivity contribution in [2.75, 3.05) is 11.4 Å². The second kappa shape index (κ2) is 15.2. The number of carbonyl (C=O) groups is 4. The largest absolute Gasteiger partial charge is 0.479 e. The minimum absolute atomic E-state index is 0.00549. The highest BCUT2D eigenvalue weighted by Crippen LogP contribution is 2.29. The number of aromatic nitrogens is 1. The lowest BCUT2D eigenvalue weighted by atomic mass is 9.95. The number of aromatic amines is 1. The summed E-state index contributed by atoms with van der Waals surface area (Å²) in [6.45, 7) is 1.57. The lowest BCUT2D eigenvalue weighted by Crippen LogP contribution is -2.57. The zero-order chi connectivity index (χ0) is 32.3. The van der Waals surface area contributed by atoms with Gasteiger partial charge in [-0.3, -0.25) is 19.8 Å². The van der Waals surface area contributed by atoms with Gasteiger partial charge in [0.25, 0.3) is 0 Å². The number of nitrogens with one attached hydrogen (secondary N) is 5. The SMILES string of the molecule is CC(=O)N[C@@H](CCCNC(=N)N)C(=O)N[C@@H](Cc1c[nH]c2ccccc12)C(=O)C(C(=O)O)N(c1ccccc1)c1ccccc1.